The Balaban J connectivity index is 1.43. The lowest BCUT2D eigenvalue weighted by molar-refractivity contribution is -0.136. The van der Waals surface area contributed by atoms with Gasteiger partial charge in [-0.3, -0.25) is 9.59 Å². The Morgan fingerprint density at radius 1 is 1.11 bits per heavy atom. The maximum Gasteiger partial charge on any atom is 0.253 e. The molecule has 0 unspecified atom stereocenters. The third-order valence-electron chi connectivity index (χ3n) is 5.72. The van der Waals surface area contributed by atoms with Crippen LogP contribution in [0.2, 0.25) is 0 Å². The standard InChI is InChI=1S/C22H23FN2O3/c1-28-20-8-7-16(9-19(20)23)22(27)25-12-17-10-21(26)24(13-18(17)14-25)11-15-5-3-2-4-6-15/h2-9,17-18H,10-14H2,1H3/t17-,18+/m0/s1. The highest BCUT2D eigenvalue weighted by Crippen LogP contribution is 2.33. The number of rotatable bonds is 4. The number of likely N-dealkylation sites (tertiary alicyclic amines) is 2. The first kappa shape index (κ1) is 18.5. The van der Waals surface area contributed by atoms with Crippen LogP contribution in [0.4, 0.5) is 4.39 Å². The Morgan fingerprint density at radius 3 is 2.57 bits per heavy atom. The molecular formula is C22H23FN2O3. The molecule has 0 spiro atoms. The van der Waals surface area contributed by atoms with Gasteiger partial charge in [0.1, 0.15) is 0 Å². The van der Waals surface area contributed by atoms with Crippen LogP contribution in [0.15, 0.2) is 48.5 Å². The number of ether oxygens (including phenoxy) is 1. The molecule has 0 saturated carbocycles. The van der Waals surface area contributed by atoms with Crippen LogP contribution in [0.3, 0.4) is 0 Å². The van der Waals surface area contributed by atoms with E-state index in [9.17, 15) is 14.0 Å². The lowest BCUT2D eigenvalue weighted by Crippen LogP contribution is -2.43. The highest BCUT2D eigenvalue weighted by atomic mass is 19.1. The Bertz CT molecular complexity index is 887. The molecule has 2 heterocycles. The number of nitrogens with zero attached hydrogens (tertiary/aromatic N) is 2. The third kappa shape index (κ3) is 3.59. The summed E-state index contributed by atoms with van der Waals surface area (Å²) in [5.74, 6) is -0.0594. The predicted molar refractivity (Wildman–Crippen MR) is 102 cm³/mol. The highest BCUT2D eigenvalue weighted by molar-refractivity contribution is 5.94. The topological polar surface area (TPSA) is 49.9 Å². The van der Waals surface area contributed by atoms with Crippen molar-refractivity contribution in [2.24, 2.45) is 11.8 Å². The Morgan fingerprint density at radius 2 is 1.86 bits per heavy atom. The first-order valence-electron chi connectivity index (χ1n) is 9.49. The van der Waals surface area contributed by atoms with Crippen molar-refractivity contribution in [3.63, 3.8) is 0 Å². The van der Waals surface area contributed by atoms with Crippen molar-refractivity contribution >= 4 is 11.8 Å². The fourth-order valence-electron chi connectivity index (χ4n) is 4.22. The molecule has 2 aromatic rings. The van der Waals surface area contributed by atoms with E-state index in [1.807, 2.05) is 35.2 Å². The van der Waals surface area contributed by atoms with Crippen LogP contribution in [0.1, 0.15) is 22.3 Å². The highest BCUT2D eigenvalue weighted by Gasteiger charge is 2.42. The smallest absolute Gasteiger partial charge is 0.253 e. The molecule has 0 N–H and O–H groups in total. The molecule has 2 saturated heterocycles. The fourth-order valence-corrected chi connectivity index (χ4v) is 4.22. The summed E-state index contributed by atoms with van der Waals surface area (Å²) in [4.78, 5) is 29.0. The second-order valence-electron chi connectivity index (χ2n) is 7.54. The lowest BCUT2D eigenvalue weighted by atomic mass is 9.88. The van der Waals surface area contributed by atoms with Crippen LogP contribution in [0, 0.1) is 17.7 Å². The normalized spacial score (nSPS) is 21.6. The molecule has 2 aliphatic rings. The first-order valence-corrected chi connectivity index (χ1v) is 9.49. The van der Waals surface area contributed by atoms with Crippen LogP contribution in [0.5, 0.6) is 5.75 Å². The summed E-state index contributed by atoms with van der Waals surface area (Å²) in [5, 5.41) is 0. The van der Waals surface area contributed by atoms with Gasteiger partial charge in [0, 0.05) is 38.2 Å². The molecule has 2 amide bonds. The van der Waals surface area contributed by atoms with Gasteiger partial charge in [0.05, 0.1) is 7.11 Å². The van der Waals surface area contributed by atoms with Gasteiger partial charge in [0.15, 0.2) is 11.6 Å². The van der Waals surface area contributed by atoms with E-state index in [-0.39, 0.29) is 29.4 Å². The summed E-state index contributed by atoms with van der Waals surface area (Å²) >= 11 is 0. The molecule has 28 heavy (non-hydrogen) atoms. The third-order valence-corrected chi connectivity index (χ3v) is 5.72. The number of hydrogen-bond donors (Lipinski definition) is 0. The maximum absolute atomic E-state index is 14.0. The monoisotopic (exact) mass is 382 g/mol. The Labute approximate surface area is 163 Å². The van der Waals surface area contributed by atoms with Crippen LogP contribution < -0.4 is 4.74 Å². The van der Waals surface area contributed by atoms with Gasteiger partial charge in [-0.15, -0.1) is 0 Å². The van der Waals surface area contributed by atoms with Crippen LogP contribution >= 0.6 is 0 Å². The minimum absolute atomic E-state index is 0.119. The molecule has 0 radical (unpaired) electrons. The van der Waals surface area contributed by atoms with Crippen LogP contribution in [-0.2, 0) is 11.3 Å². The molecule has 2 atom stereocenters. The van der Waals surface area contributed by atoms with E-state index in [0.717, 1.165) is 5.56 Å². The van der Waals surface area contributed by atoms with E-state index < -0.39 is 5.82 Å². The molecule has 4 rings (SSSR count). The number of halogens is 1. The zero-order chi connectivity index (χ0) is 19.7. The number of carbonyl (C=O) groups is 2. The number of carbonyl (C=O) groups excluding carboxylic acids is 2. The van der Waals surface area contributed by atoms with Crippen molar-refractivity contribution in [1.82, 2.24) is 9.80 Å². The molecule has 0 aliphatic carbocycles. The second kappa shape index (κ2) is 7.62. The van der Waals surface area contributed by atoms with E-state index in [0.29, 0.717) is 38.2 Å². The maximum atomic E-state index is 14.0. The summed E-state index contributed by atoms with van der Waals surface area (Å²) in [6, 6.07) is 14.2. The van der Waals surface area contributed by atoms with E-state index in [4.69, 9.17) is 4.74 Å². The lowest BCUT2D eigenvalue weighted by Gasteiger charge is -2.34. The average molecular weight is 382 g/mol. The molecule has 146 valence electrons. The van der Waals surface area contributed by atoms with E-state index in [1.165, 1.54) is 19.2 Å². The number of fused-ring (bicyclic) bond motifs is 1. The van der Waals surface area contributed by atoms with Crippen molar-refractivity contribution in [3.05, 3.63) is 65.5 Å². The zero-order valence-corrected chi connectivity index (χ0v) is 15.8. The fraction of sp³-hybridized carbons (Fsp3) is 0.364. The van der Waals surface area contributed by atoms with Crippen molar-refractivity contribution in [2.45, 2.75) is 13.0 Å². The molecule has 2 aromatic carbocycles. The number of piperidine rings is 1. The summed E-state index contributed by atoms with van der Waals surface area (Å²) in [6.07, 6.45) is 0.457. The van der Waals surface area contributed by atoms with Gasteiger partial charge in [-0.1, -0.05) is 30.3 Å². The predicted octanol–water partition coefficient (Wildman–Crippen LogP) is 2.96. The van der Waals surface area contributed by atoms with Gasteiger partial charge in [-0.25, -0.2) is 4.39 Å². The van der Waals surface area contributed by atoms with Crippen molar-refractivity contribution in [2.75, 3.05) is 26.7 Å². The molecule has 5 nitrogen and oxygen atoms in total. The van der Waals surface area contributed by atoms with E-state index in [2.05, 4.69) is 0 Å². The number of methoxy groups -OCH3 is 1. The van der Waals surface area contributed by atoms with Gasteiger partial charge in [0.2, 0.25) is 5.91 Å². The SMILES string of the molecule is COc1ccc(C(=O)N2C[C@H]3CN(Cc4ccccc4)C(=O)C[C@H]3C2)cc1F. The minimum atomic E-state index is -0.547. The van der Waals surface area contributed by atoms with Gasteiger partial charge < -0.3 is 14.5 Å². The molecule has 0 bridgehead atoms. The Hall–Kier alpha value is -2.89. The average Bonchev–Trinajstić information content (AvgIpc) is 3.11. The second-order valence-corrected chi connectivity index (χ2v) is 7.54. The van der Waals surface area contributed by atoms with E-state index in [1.54, 1.807) is 11.0 Å². The minimum Gasteiger partial charge on any atom is -0.494 e. The van der Waals surface area contributed by atoms with Gasteiger partial charge in [-0.2, -0.15) is 0 Å². The molecule has 6 heteroatoms. The summed E-state index contributed by atoms with van der Waals surface area (Å²) in [7, 11) is 1.39. The Kier molecular flexibility index (Phi) is 5.03. The molecular weight excluding hydrogens is 359 g/mol. The van der Waals surface area contributed by atoms with E-state index >= 15 is 0 Å². The number of amides is 2. The summed E-state index contributed by atoms with van der Waals surface area (Å²) < 4.78 is 18.9. The number of hydrogen-bond acceptors (Lipinski definition) is 3. The zero-order valence-electron chi connectivity index (χ0n) is 15.8. The van der Waals surface area contributed by atoms with Crippen molar-refractivity contribution in [1.29, 1.82) is 0 Å². The number of benzene rings is 2. The quantitative estimate of drug-likeness (QED) is 0.817. The van der Waals surface area contributed by atoms with Gasteiger partial charge >= 0.3 is 0 Å². The summed E-state index contributed by atoms with van der Waals surface area (Å²) in [6.45, 7) is 2.39. The molecule has 0 aromatic heterocycles. The molecule has 2 fully saturated rings. The first-order chi connectivity index (χ1) is 13.5. The van der Waals surface area contributed by atoms with Crippen molar-refractivity contribution < 1.29 is 18.7 Å². The summed E-state index contributed by atoms with van der Waals surface area (Å²) in [5.41, 5.74) is 1.42. The van der Waals surface area contributed by atoms with Gasteiger partial charge in [-0.05, 0) is 35.6 Å². The van der Waals surface area contributed by atoms with Crippen LogP contribution in [-0.4, -0.2) is 48.4 Å². The van der Waals surface area contributed by atoms with Crippen LogP contribution in [0.25, 0.3) is 0 Å². The molecule has 2 aliphatic heterocycles. The van der Waals surface area contributed by atoms with Gasteiger partial charge in [0.25, 0.3) is 5.91 Å². The van der Waals surface area contributed by atoms with Crippen molar-refractivity contribution in [3.8, 4) is 5.75 Å². The largest absolute Gasteiger partial charge is 0.494 e.